The normalized spacial score (nSPS) is 34.1. The molecule has 8 heteroatoms. The zero-order chi connectivity index (χ0) is 22.7. The minimum absolute atomic E-state index is 0.157. The summed E-state index contributed by atoms with van der Waals surface area (Å²) >= 11 is 0. The molecule has 0 amide bonds. The van der Waals surface area contributed by atoms with Crippen LogP contribution in [0.1, 0.15) is 12.8 Å². The predicted molar refractivity (Wildman–Crippen MR) is 116 cm³/mol. The molecule has 0 aromatic carbocycles. The lowest BCUT2D eigenvalue weighted by Crippen LogP contribution is -2.45. The van der Waals surface area contributed by atoms with Crippen LogP contribution in [0, 0.1) is 17.8 Å². The molecular formula is C24H27F3N2O3. The fourth-order valence-corrected chi connectivity index (χ4v) is 4.44. The molecule has 6 atom stereocenters. The van der Waals surface area contributed by atoms with Crippen LogP contribution in [-0.2, 0) is 9.47 Å². The lowest BCUT2D eigenvalue weighted by atomic mass is 9.76. The fourth-order valence-electron chi connectivity index (χ4n) is 4.44. The standard InChI is InChI=1S/C24H27F3N2O3/c1-31-17-9-7-16(8-10-17)21-22(28-29-23(21)24(25,26)27)19-12-11-18(13-20(19)30)32-14-15-5-3-2-4-6-15/h2-5,7-9,11-13,15,17,19-22,28,30H,6,10,14H2,1H3. The van der Waals surface area contributed by atoms with Gasteiger partial charge < -0.3 is 20.0 Å². The predicted octanol–water partition coefficient (Wildman–Crippen LogP) is 3.97. The number of hydrogen-bond donors (Lipinski definition) is 2. The number of rotatable bonds is 6. The Bertz CT molecular complexity index is 914. The summed E-state index contributed by atoms with van der Waals surface area (Å²) in [4.78, 5) is 0. The summed E-state index contributed by atoms with van der Waals surface area (Å²) in [6, 6.07) is -0.739. The second-order valence-corrected chi connectivity index (χ2v) is 8.32. The largest absolute Gasteiger partial charge is 0.493 e. The molecule has 1 heterocycles. The van der Waals surface area contributed by atoms with E-state index in [0.717, 1.165) is 6.42 Å². The van der Waals surface area contributed by atoms with Gasteiger partial charge in [0, 0.05) is 18.9 Å². The van der Waals surface area contributed by atoms with Gasteiger partial charge in [0.1, 0.15) is 5.76 Å². The van der Waals surface area contributed by atoms with Crippen LogP contribution < -0.4 is 5.43 Å². The number of nitrogens with one attached hydrogen (secondary N) is 1. The second-order valence-electron chi connectivity index (χ2n) is 8.32. The molecule has 172 valence electrons. The summed E-state index contributed by atoms with van der Waals surface area (Å²) in [7, 11) is 1.56. The first-order chi connectivity index (χ1) is 15.4. The number of aliphatic hydroxyl groups is 1. The Labute approximate surface area is 185 Å². The highest BCUT2D eigenvalue weighted by atomic mass is 19.4. The summed E-state index contributed by atoms with van der Waals surface area (Å²) in [5.41, 5.74) is 2.29. The number of alkyl halides is 3. The van der Waals surface area contributed by atoms with Crippen LogP contribution in [0.25, 0.3) is 0 Å². The van der Waals surface area contributed by atoms with Crippen LogP contribution in [-0.4, -0.2) is 49.0 Å². The van der Waals surface area contributed by atoms with E-state index in [2.05, 4.69) is 22.7 Å². The van der Waals surface area contributed by atoms with Crippen molar-refractivity contribution < 1.29 is 27.8 Å². The molecule has 0 saturated carbocycles. The Morgan fingerprint density at radius 3 is 2.62 bits per heavy atom. The van der Waals surface area contributed by atoms with Crippen molar-refractivity contribution in [3.8, 4) is 0 Å². The molecule has 1 aliphatic heterocycles. The summed E-state index contributed by atoms with van der Waals surface area (Å²) in [6.45, 7) is 0.471. The van der Waals surface area contributed by atoms with Crippen molar-refractivity contribution in [3.05, 3.63) is 72.1 Å². The van der Waals surface area contributed by atoms with Crippen LogP contribution in [0.4, 0.5) is 13.2 Å². The quantitative estimate of drug-likeness (QED) is 0.646. The van der Waals surface area contributed by atoms with Gasteiger partial charge in [0.2, 0.25) is 0 Å². The number of hydrazone groups is 1. The van der Waals surface area contributed by atoms with Gasteiger partial charge in [-0.05, 0) is 30.6 Å². The third-order valence-corrected chi connectivity index (χ3v) is 6.19. The van der Waals surface area contributed by atoms with Gasteiger partial charge in [-0.2, -0.15) is 18.3 Å². The highest BCUT2D eigenvalue weighted by Crippen LogP contribution is 2.39. The van der Waals surface area contributed by atoms with Gasteiger partial charge in [0.25, 0.3) is 0 Å². The van der Waals surface area contributed by atoms with Crippen LogP contribution in [0.2, 0.25) is 0 Å². The van der Waals surface area contributed by atoms with Crippen molar-refractivity contribution in [2.75, 3.05) is 13.7 Å². The Kier molecular flexibility index (Phi) is 6.71. The van der Waals surface area contributed by atoms with E-state index < -0.39 is 35.9 Å². The molecule has 0 radical (unpaired) electrons. The van der Waals surface area contributed by atoms with Crippen molar-refractivity contribution in [1.82, 2.24) is 5.43 Å². The van der Waals surface area contributed by atoms with E-state index in [4.69, 9.17) is 9.47 Å². The van der Waals surface area contributed by atoms with Gasteiger partial charge in [-0.15, -0.1) is 0 Å². The van der Waals surface area contributed by atoms with E-state index >= 15 is 0 Å². The molecule has 2 N–H and O–H groups in total. The smallest absolute Gasteiger partial charge is 0.431 e. The number of allylic oxidation sites excluding steroid dienone is 5. The topological polar surface area (TPSA) is 63.1 Å². The van der Waals surface area contributed by atoms with E-state index in [1.165, 1.54) is 0 Å². The summed E-state index contributed by atoms with van der Waals surface area (Å²) in [6.07, 6.45) is 13.9. The average Bonchev–Trinajstić information content (AvgIpc) is 3.24. The Morgan fingerprint density at radius 2 is 2.00 bits per heavy atom. The van der Waals surface area contributed by atoms with E-state index in [1.807, 2.05) is 12.2 Å². The van der Waals surface area contributed by atoms with Crippen molar-refractivity contribution in [1.29, 1.82) is 0 Å². The van der Waals surface area contributed by atoms with Crippen molar-refractivity contribution in [2.24, 2.45) is 22.9 Å². The number of aliphatic hydroxyl groups excluding tert-OH is 1. The van der Waals surface area contributed by atoms with Crippen molar-refractivity contribution in [3.63, 3.8) is 0 Å². The van der Waals surface area contributed by atoms with Crippen LogP contribution >= 0.6 is 0 Å². The molecule has 6 unspecified atom stereocenters. The fraction of sp³-hybridized carbons (Fsp3) is 0.458. The van der Waals surface area contributed by atoms with Gasteiger partial charge >= 0.3 is 6.18 Å². The minimum atomic E-state index is -4.57. The van der Waals surface area contributed by atoms with Gasteiger partial charge in [0.15, 0.2) is 5.71 Å². The highest BCUT2D eigenvalue weighted by molar-refractivity contribution is 5.96. The molecule has 0 spiro atoms. The van der Waals surface area contributed by atoms with E-state index in [9.17, 15) is 18.3 Å². The average molecular weight is 448 g/mol. The maximum atomic E-state index is 13.7. The first-order valence-electron chi connectivity index (χ1n) is 10.7. The first kappa shape index (κ1) is 22.6. The van der Waals surface area contributed by atoms with E-state index in [0.29, 0.717) is 24.4 Å². The molecule has 5 nitrogen and oxygen atoms in total. The third kappa shape index (κ3) is 4.91. The maximum absolute atomic E-state index is 13.7. The molecule has 32 heavy (non-hydrogen) atoms. The third-order valence-electron chi connectivity index (χ3n) is 6.19. The van der Waals surface area contributed by atoms with Gasteiger partial charge in [-0.1, -0.05) is 48.6 Å². The van der Waals surface area contributed by atoms with Gasteiger partial charge in [-0.3, -0.25) is 0 Å². The van der Waals surface area contributed by atoms with E-state index in [1.54, 1.807) is 43.6 Å². The molecule has 0 aromatic heterocycles. The van der Waals surface area contributed by atoms with Crippen LogP contribution in [0.15, 0.2) is 77.2 Å². The highest BCUT2D eigenvalue weighted by Gasteiger charge is 2.51. The molecule has 3 aliphatic carbocycles. The second kappa shape index (κ2) is 9.50. The molecular weight excluding hydrogens is 421 g/mol. The first-order valence-corrected chi connectivity index (χ1v) is 10.7. The van der Waals surface area contributed by atoms with Crippen molar-refractivity contribution >= 4 is 5.71 Å². The zero-order valence-corrected chi connectivity index (χ0v) is 17.7. The summed E-state index contributed by atoms with van der Waals surface area (Å²) in [5, 5.41) is 14.4. The molecule has 0 aromatic rings. The molecule has 4 aliphatic rings. The SMILES string of the molecule is COC1C=CC(C2C(C(F)(F)F)=NNC2C2C=CC(OCC3C=CC=CC3)=CC2O)=CC1. The van der Waals surface area contributed by atoms with Gasteiger partial charge in [0.05, 0.1) is 30.8 Å². The molecule has 0 saturated heterocycles. The monoisotopic (exact) mass is 448 g/mol. The number of methoxy groups -OCH3 is 1. The summed E-state index contributed by atoms with van der Waals surface area (Å²) in [5.74, 6) is -0.844. The van der Waals surface area contributed by atoms with Crippen LogP contribution in [0.3, 0.4) is 0 Å². The summed E-state index contributed by atoms with van der Waals surface area (Å²) < 4.78 is 52.2. The lowest BCUT2D eigenvalue weighted by Gasteiger charge is -2.33. The zero-order valence-electron chi connectivity index (χ0n) is 17.7. The number of nitrogens with zero attached hydrogens (tertiary/aromatic N) is 1. The maximum Gasteiger partial charge on any atom is 0.431 e. The molecule has 0 fully saturated rings. The van der Waals surface area contributed by atoms with Gasteiger partial charge in [-0.25, -0.2) is 0 Å². The minimum Gasteiger partial charge on any atom is -0.493 e. The lowest BCUT2D eigenvalue weighted by molar-refractivity contribution is -0.0619. The molecule has 0 bridgehead atoms. The number of hydrogen-bond acceptors (Lipinski definition) is 5. The Hall–Kier alpha value is -2.58. The Morgan fingerprint density at radius 1 is 1.16 bits per heavy atom. The number of ether oxygens (including phenoxy) is 2. The number of halogens is 3. The Balaban J connectivity index is 1.47. The van der Waals surface area contributed by atoms with E-state index in [-0.39, 0.29) is 12.0 Å². The van der Waals surface area contributed by atoms with Crippen molar-refractivity contribution in [2.45, 2.75) is 37.3 Å². The molecule has 4 rings (SSSR count). The van der Waals surface area contributed by atoms with Crippen LogP contribution in [0.5, 0.6) is 0 Å².